The fraction of sp³-hybridized carbons (Fsp3) is 0.333. The number of anilines is 2. The Morgan fingerprint density at radius 2 is 2.07 bits per heavy atom. The first-order chi connectivity index (χ1) is 13.6. The smallest absolute Gasteiger partial charge is 0.262 e. The van der Waals surface area contributed by atoms with Gasteiger partial charge in [0.25, 0.3) is 5.91 Å². The van der Waals surface area contributed by atoms with Crippen molar-refractivity contribution in [2.45, 2.75) is 11.8 Å². The monoisotopic (exact) mass is 414 g/mol. The van der Waals surface area contributed by atoms with E-state index in [0.717, 1.165) is 36.7 Å². The first-order valence-electron chi connectivity index (χ1n) is 8.99. The number of piperazine rings is 1. The summed E-state index contributed by atoms with van der Waals surface area (Å²) in [7, 11) is 0. The van der Waals surface area contributed by atoms with Gasteiger partial charge in [0, 0.05) is 31.1 Å². The molecule has 1 amide bonds. The van der Waals surface area contributed by atoms with Crippen molar-refractivity contribution >= 4 is 51.0 Å². The number of ether oxygens (including phenoxy) is 1. The minimum absolute atomic E-state index is 0.00325. The van der Waals surface area contributed by atoms with Crippen LogP contribution in [-0.4, -0.2) is 58.0 Å². The molecule has 1 fully saturated rings. The minimum Gasteiger partial charge on any atom is -0.466 e. The maximum atomic E-state index is 11.4. The van der Waals surface area contributed by atoms with Gasteiger partial charge in [-0.15, -0.1) is 11.3 Å². The van der Waals surface area contributed by atoms with E-state index in [4.69, 9.17) is 4.74 Å². The Balaban J connectivity index is 1.23. The van der Waals surface area contributed by atoms with Crippen LogP contribution < -0.4 is 15.0 Å². The molecule has 0 atom stereocenters. The van der Waals surface area contributed by atoms with E-state index in [1.807, 2.05) is 6.92 Å². The summed E-state index contributed by atoms with van der Waals surface area (Å²) in [6.45, 7) is 5.50. The Morgan fingerprint density at radius 3 is 2.93 bits per heavy atom. The molecule has 0 unspecified atom stereocenters. The molecule has 0 aliphatic carbocycles. The van der Waals surface area contributed by atoms with Crippen LogP contribution in [0.5, 0.6) is 5.88 Å². The van der Waals surface area contributed by atoms with Crippen LogP contribution >= 0.6 is 23.3 Å². The number of amides is 1. The van der Waals surface area contributed by atoms with Crippen molar-refractivity contribution in [3.8, 4) is 5.88 Å². The topological polar surface area (TPSA) is 83.5 Å². The Kier molecular flexibility index (Phi) is 4.53. The summed E-state index contributed by atoms with van der Waals surface area (Å²) in [5.74, 6) is 0.896. The van der Waals surface area contributed by atoms with E-state index < -0.39 is 0 Å². The molecule has 3 aromatic rings. The summed E-state index contributed by atoms with van der Waals surface area (Å²) in [5.41, 5.74) is 1.60. The highest BCUT2D eigenvalue weighted by molar-refractivity contribution is 7.97. The van der Waals surface area contributed by atoms with Crippen molar-refractivity contribution in [1.29, 1.82) is 0 Å². The van der Waals surface area contributed by atoms with Crippen LogP contribution in [0.15, 0.2) is 29.3 Å². The number of hydrogen-bond donors (Lipinski definition) is 1. The molecular formula is C18H18N6O2S2. The van der Waals surface area contributed by atoms with Crippen molar-refractivity contribution in [2.24, 2.45) is 0 Å². The second kappa shape index (κ2) is 7.19. The number of carbonyl (C=O) groups is 1. The van der Waals surface area contributed by atoms with Crippen molar-refractivity contribution in [3.63, 3.8) is 0 Å². The van der Waals surface area contributed by atoms with Gasteiger partial charge in [0.1, 0.15) is 5.69 Å². The van der Waals surface area contributed by atoms with Gasteiger partial charge in [-0.2, -0.15) is 4.98 Å². The molecule has 144 valence electrons. The molecule has 0 bridgehead atoms. The number of benzene rings is 1. The van der Waals surface area contributed by atoms with Gasteiger partial charge in [-0.3, -0.25) is 4.79 Å². The Hall–Kier alpha value is -2.43. The number of aryl methyl sites for hydroxylation is 1. The molecule has 0 spiro atoms. The van der Waals surface area contributed by atoms with Gasteiger partial charge in [0.2, 0.25) is 11.8 Å². The SMILES string of the molecule is Cc1nc2cc(SN3CCN(c4ncc5c(n4)OCC(=O)N5)CC3)ccc2s1. The van der Waals surface area contributed by atoms with Crippen LogP contribution in [0.1, 0.15) is 5.01 Å². The highest BCUT2D eigenvalue weighted by Crippen LogP contribution is 2.31. The first kappa shape index (κ1) is 17.7. The summed E-state index contributed by atoms with van der Waals surface area (Å²) in [6.07, 6.45) is 1.61. The summed E-state index contributed by atoms with van der Waals surface area (Å²) < 4.78 is 8.98. The van der Waals surface area contributed by atoms with E-state index in [1.165, 1.54) is 9.60 Å². The molecule has 0 saturated carbocycles. The molecule has 0 radical (unpaired) electrons. The van der Waals surface area contributed by atoms with Gasteiger partial charge in [-0.1, -0.05) is 0 Å². The maximum Gasteiger partial charge on any atom is 0.262 e. The van der Waals surface area contributed by atoms with Crippen LogP contribution in [0, 0.1) is 6.92 Å². The van der Waals surface area contributed by atoms with Gasteiger partial charge in [-0.25, -0.2) is 14.3 Å². The number of aromatic nitrogens is 3. The number of fused-ring (bicyclic) bond motifs is 2. The zero-order valence-corrected chi connectivity index (χ0v) is 16.8. The number of hydrogen-bond acceptors (Lipinski definition) is 9. The molecule has 1 aromatic carbocycles. The highest BCUT2D eigenvalue weighted by atomic mass is 32.2. The van der Waals surface area contributed by atoms with E-state index in [9.17, 15) is 4.79 Å². The normalized spacial score (nSPS) is 17.3. The summed E-state index contributed by atoms with van der Waals surface area (Å²) >= 11 is 3.49. The standard InChI is InChI=1S/C18H18N6O2S2/c1-11-20-13-8-12(2-3-15(13)27-11)28-24-6-4-23(5-7-24)18-19-9-14-17(22-18)26-10-16(25)21-14/h2-3,8-9H,4-7,10H2,1H3,(H,21,25). The maximum absolute atomic E-state index is 11.4. The predicted molar refractivity (Wildman–Crippen MR) is 110 cm³/mol. The second-order valence-electron chi connectivity index (χ2n) is 6.60. The largest absolute Gasteiger partial charge is 0.466 e. The van der Waals surface area contributed by atoms with Crippen LogP contribution in [0.2, 0.25) is 0 Å². The van der Waals surface area contributed by atoms with E-state index >= 15 is 0 Å². The van der Waals surface area contributed by atoms with Crippen LogP contribution in [0.25, 0.3) is 10.2 Å². The fourth-order valence-corrected chi connectivity index (χ4v) is 4.98. The van der Waals surface area contributed by atoms with Gasteiger partial charge < -0.3 is 15.0 Å². The molecule has 2 aliphatic rings. The average Bonchev–Trinajstić information content (AvgIpc) is 3.07. The van der Waals surface area contributed by atoms with Gasteiger partial charge >= 0.3 is 0 Å². The molecule has 2 aromatic heterocycles. The van der Waals surface area contributed by atoms with Crippen molar-refractivity contribution in [3.05, 3.63) is 29.4 Å². The predicted octanol–water partition coefficient (Wildman–Crippen LogP) is 2.55. The van der Waals surface area contributed by atoms with Crippen molar-refractivity contribution in [2.75, 3.05) is 43.0 Å². The molecule has 1 saturated heterocycles. The van der Waals surface area contributed by atoms with Crippen LogP contribution in [-0.2, 0) is 4.79 Å². The quantitative estimate of drug-likeness (QED) is 0.655. The van der Waals surface area contributed by atoms with Crippen molar-refractivity contribution in [1.82, 2.24) is 19.3 Å². The minimum atomic E-state index is -0.180. The molecule has 2 aliphatic heterocycles. The average molecular weight is 415 g/mol. The Labute approximate surface area is 170 Å². The molecule has 1 N–H and O–H groups in total. The lowest BCUT2D eigenvalue weighted by molar-refractivity contribution is -0.118. The third-order valence-electron chi connectivity index (χ3n) is 4.58. The lowest BCUT2D eigenvalue weighted by Gasteiger charge is -2.34. The fourth-order valence-electron chi connectivity index (χ4n) is 3.23. The molecule has 8 nitrogen and oxygen atoms in total. The van der Waals surface area contributed by atoms with E-state index in [-0.39, 0.29) is 12.5 Å². The van der Waals surface area contributed by atoms with E-state index in [2.05, 4.69) is 47.7 Å². The van der Waals surface area contributed by atoms with Crippen molar-refractivity contribution < 1.29 is 9.53 Å². The zero-order valence-electron chi connectivity index (χ0n) is 15.2. The molecule has 10 heteroatoms. The summed E-state index contributed by atoms with van der Waals surface area (Å²) in [6, 6.07) is 6.47. The van der Waals surface area contributed by atoms with Crippen LogP contribution in [0.3, 0.4) is 0 Å². The second-order valence-corrected chi connectivity index (χ2v) is 9.00. The van der Waals surface area contributed by atoms with Gasteiger partial charge in [0.15, 0.2) is 6.61 Å². The highest BCUT2D eigenvalue weighted by Gasteiger charge is 2.23. The third-order valence-corrected chi connectivity index (χ3v) is 6.62. The lowest BCUT2D eigenvalue weighted by Crippen LogP contribution is -2.44. The van der Waals surface area contributed by atoms with Gasteiger partial charge in [-0.05, 0) is 37.1 Å². The summed E-state index contributed by atoms with van der Waals surface area (Å²) in [5, 5.41) is 3.81. The lowest BCUT2D eigenvalue weighted by atomic mass is 10.3. The number of nitrogens with one attached hydrogen (secondary N) is 1. The number of carbonyl (C=O) groups excluding carboxylic acids is 1. The zero-order chi connectivity index (χ0) is 19.1. The number of rotatable bonds is 3. The summed E-state index contributed by atoms with van der Waals surface area (Å²) in [4.78, 5) is 28.1. The van der Waals surface area contributed by atoms with Gasteiger partial charge in [0.05, 0.1) is 21.4 Å². The van der Waals surface area contributed by atoms with E-state index in [1.54, 1.807) is 29.5 Å². The third kappa shape index (κ3) is 3.50. The molecule has 4 heterocycles. The Bertz CT molecular complexity index is 1050. The van der Waals surface area contributed by atoms with E-state index in [0.29, 0.717) is 17.5 Å². The number of nitrogens with zero attached hydrogens (tertiary/aromatic N) is 5. The molecule has 28 heavy (non-hydrogen) atoms. The molecule has 5 rings (SSSR count). The number of thiazole rings is 1. The Morgan fingerprint density at radius 1 is 1.21 bits per heavy atom. The molecular weight excluding hydrogens is 396 g/mol. The van der Waals surface area contributed by atoms with Crippen LogP contribution in [0.4, 0.5) is 11.6 Å². The first-order valence-corrected chi connectivity index (χ1v) is 10.6.